The molecule has 0 saturated heterocycles. The average Bonchev–Trinajstić information content (AvgIpc) is 3.26. The lowest BCUT2D eigenvalue weighted by molar-refractivity contribution is -0.143. The third-order valence-corrected chi connectivity index (χ3v) is 12.2. The van der Waals surface area contributed by atoms with E-state index < -0.39 is 12.1 Å². The van der Waals surface area contributed by atoms with Crippen LogP contribution in [0.3, 0.4) is 0 Å². The van der Waals surface area contributed by atoms with Crippen molar-refractivity contribution in [2.45, 2.75) is 289 Å². The molecule has 0 aliphatic heterocycles. The minimum absolute atomic E-state index is 0.00202. The molecule has 0 aliphatic carbocycles. The van der Waals surface area contributed by atoms with Crippen LogP contribution in [0.25, 0.3) is 0 Å². The number of esters is 1. The lowest BCUT2D eigenvalue weighted by Gasteiger charge is -2.20. The molecule has 0 spiro atoms. The molecule has 2 atom stereocenters. The Balaban J connectivity index is 3.40. The van der Waals surface area contributed by atoms with Gasteiger partial charge in [0.15, 0.2) is 0 Å². The molecule has 2 unspecified atom stereocenters. The maximum Gasteiger partial charge on any atom is 0.305 e. The van der Waals surface area contributed by atoms with Gasteiger partial charge in [-0.3, -0.25) is 9.59 Å². The van der Waals surface area contributed by atoms with Crippen molar-refractivity contribution in [3.63, 3.8) is 0 Å². The van der Waals surface area contributed by atoms with E-state index in [9.17, 15) is 19.8 Å². The standard InChI is InChI=1S/C55H103NO5/c1-3-5-7-9-11-13-14-15-16-19-23-26-29-33-37-41-45-49-55(60)61-50-46-42-38-34-30-27-24-21-18-17-20-22-25-28-32-36-40-44-48-54(59)56-52(51-57)53(58)47-43-39-35-31-12-10-8-6-4-2/h11,13,15-16,43,47,52-53,57-58H,3-10,12,14,17-42,44-46,48-51H2,1-2H3,(H,56,59)/b13-11-,16-15-,47-43+. The monoisotopic (exact) mass is 858 g/mol. The maximum atomic E-state index is 12.4. The highest BCUT2D eigenvalue weighted by atomic mass is 16.5. The molecule has 6 heteroatoms. The minimum Gasteiger partial charge on any atom is -0.466 e. The normalized spacial score (nSPS) is 12.9. The van der Waals surface area contributed by atoms with E-state index in [0.29, 0.717) is 19.4 Å². The number of aliphatic hydroxyl groups is 2. The van der Waals surface area contributed by atoms with Gasteiger partial charge in [0.2, 0.25) is 5.91 Å². The fourth-order valence-corrected chi connectivity index (χ4v) is 8.02. The summed E-state index contributed by atoms with van der Waals surface area (Å²) in [5.74, 6) is -0.0774. The van der Waals surface area contributed by atoms with Crippen LogP contribution in [-0.2, 0) is 14.3 Å². The molecule has 0 saturated carbocycles. The summed E-state index contributed by atoms with van der Waals surface area (Å²) in [5, 5.41) is 22.9. The largest absolute Gasteiger partial charge is 0.466 e. The second-order valence-electron chi connectivity index (χ2n) is 18.2. The third-order valence-electron chi connectivity index (χ3n) is 12.2. The summed E-state index contributed by atoms with van der Waals surface area (Å²) in [5.41, 5.74) is 0. The van der Waals surface area contributed by atoms with Crippen LogP contribution in [-0.4, -0.2) is 47.4 Å². The lowest BCUT2D eigenvalue weighted by atomic mass is 10.0. The van der Waals surface area contributed by atoms with Gasteiger partial charge in [-0.2, -0.15) is 0 Å². The number of allylic oxidation sites excluding steroid dienone is 5. The number of aliphatic hydroxyl groups excluding tert-OH is 2. The van der Waals surface area contributed by atoms with Crippen LogP contribution in [0.15, 0.2) is 36.5 Å². The van der Waals surface area contributed by atoms with Gasteiger partial charge in [0.25, 0.3) is 0 Å². The quantitative estimate of drug-likeness (QED) is 0.0322. The van der Waals surface area contributed by atoms with E-state index in [1.165, 1.54) is 199 Å². The maximum absolute atomic E-state index is 12.4. The van der Waals surface area contributed by atoms with Gasteiger partial charge in [-0.25, -0.2) is 0 Å². The number of nitrogens with one attached hydrogen (secondary N) is 1. The highest BCUT2D eigenvalue weighted by molar-refractivity contribution is 5.76. The summed E-state index contributed by atoms with van der Waals surface area (Å²) < 4.78 is 5.48. The topological polar surface area (TPSA) is 95.9 Å². The number of rotatable bonds is 49. The number of carbonyl (C=O) groups is 2. The Bertz CT molecular complexity index is 993. The lowest BCUT2D eigenvalue weighted by Crippen LogP contribution is -2.45. The van der Waals surface area contributed by atoms with Crippen LogP contribution in [0.2, 0.25) is 0 Å². The third kappa shape index (κ3) is 47.4. The smallest absolute Gasteiger partial charge is 0.305 e. The Morgan fingerprint density at radius 1 is 0.459 bits per heavy atom. The van der Waals surface area contributed by atoms with Gasteiger partial charge >= 0.3 is 5.97 Å². The first-order valence-corrected chi connectivity index (χ1v) is 26.8. The molecule has 0 aromatic heterocycles. The first kappa shape index (κ1) is 59.1. The van der Waals surface area contributed by atoms with Crippen LogP contribution in [0.4, 0.5) is 0 Å². The van der Waals surface area contributed by atoms with E-state index in [-0.39, 0.29) is 18.5 Å². The Hall–Kier alpha value is -1.92. The fourth-order valence-electron chi connectivity index (χ4n) is 8.02. The highest BCUT2D eigenvalue weighted by Crippen LogP contribution is 2.16. The predicted octanol–water partition coefficient (Wildman–Crippen LogP) is 16.1. The number of carbonyl (C=O) groups excluding carboxylic acids is 2. The van der Waals surface area contributed by atoms with E-state index in [1.807, 2.05) is 6.08 Å². The predicted molar refractivity (Wildman–Crippen MR) is 264 cm³/mol. The molecule has 0 aliphatic rings. The van der Waals surface area contributed by atoms with Gasteiger partial charge in [-0.05, 0) is 64.2 Å². The van der Waals surface area contributed by atoms with Crippen LogP contribution in [0.1, 0.15) is 277 Å². The van der Waals surface area contributed by atoms with Crippen molar-refractivity contribution in [3.8, 4) is 0 Å². The number of ether oxygens (including phenoxy) is 1. The fraction of sp³-hybridized carbons (Fsp3) is 0.855. The van der Waals surface area contributed by atoms with Crippen LogP contribution in [0, 0.1) is 0 Å². The van der Waals surface area contributed by atoms with Gasteiger partial charge in [0, 0.05) is 12.8 Å². The summed E-state index contributed by atoms with van der Waals surface area (Å²) >= 11 is 0. The summed E-state index contributed by atoms with van der Waals surface area (Å²) in [4.78, 5) is 24.4. The van der Waals surface area contributed by atoms with Crippen molar-refractivity contribution < 1.29 is 24.5 Å². The molecule has 0 heterocycles. The summed E-state index contributed by atoms with van der Waals surface area (Å²) in [6, 6.07) is -0.629. The first-order chi connectivity index (χ1) is 30.0. The van der Waals surface area contributed by atoms with Crippen LogP contribution >= 0.6 is 0 Å². The number of amides is 1. The SMILES string of the molecule is CCCCC/C=C\C/C=C\CCCCCCCCCC(=O)OCCCCCCCCCCCCCCCCCCCCC(=O)NC(CO)C(O)/C=C/CCCCCCCCC. The highest BCUT2D eigenvalue weighted by Gasteiger charge is 2.18. The summed E-state index contributed by atoms with van der Waals surface area (Å²) in [6.07, 6.45) is 61.6. The van der Waals surface area contributed by atoms with Crippen molar-refractivity contribution >= 4 is 11.9 Å². The Labute approximate surface area is 379 Å². The van der Waals surface area contributed by atoms with Crippen molar-refractivity contribution in [1.29, 1.82) is 0 Å². The Morgan fingerprint density at radius 3 is 1.28 bits per heavy atom. The molecule has 3 N–H and O–H groups in total. The first-order valence-electron chi connectivity index (χ1n) is 26.8. The van der Waals surface area contributed by atoms with Crippen molar-refractivity contribution in [2.75, 3.05) is 13.2 Å². The van der Waals surface area contributed by atoms with E-state index >= 15 is 0 Å². The second kappa shape index (κ2) is 50.7. The number of hydrogen-bond acceptors (Lipinski definition) is 5. The van der Waals surface area contributed by atoms with E-state index in [4.69, 9.17) is 4.74 Å². The van der Waals surface area contributed by atoms with E-state index in [0.717, 1.165) is 51.4 Å². The van der Waals surface area contributed by atoms with Crippen molar-refractivity contribution in [3.05, 3.63) is 36.5 Å². The Morgan fingerprint density at radius 2 is 0.820 bits per heavy atom. The molecule has 358 valence electrons. The van der Waals surface area contributed by atoms with E-state index in [1.54, 1.807) is 6.08 Å². The van der Waals surface area contributed by atoms with Crippen molar-refractivity contribution in [2.24, 2.45) is 0 Å². The molecule has 1 amide bonds. The zero-order valence-corrected chi connectivity index (χ0v) is 40.6. The summed E-state index contributed by atoms with van der Waals surface area (Å²) in [6.45, 7) is 4.83. The zero-order valence-electron chi connectivity index (χ0n) is 40.6. The molecule has 61 heavy (non-hydrogen) atoms. The van der Waals surface area contributed by atoms with Crippen LogP contribution in [0.5, 0.6) is 0 Å². The van der Waals surface area contributed by atoms with Gasteiger partial charge in [-0.1, -0.05) is 237 Å². The van der Waals surface area contributed by atoms with Gasteiger partial charge < -0.3 is 20.3 Å². The van der Waals surface area contributed by atoms with Gasteiger partial charge in [0.1, 0.15) is 0 Å². The average molecular weight is 858 g/mol. The van der Waals surface area contributed by atoms with Gasteiger partial charge in [-0.15, -0.1) is 0 Å². The molecular formula is C55H103NO5. The summed E-state index contributed by atoms with van der Waals surface area (Å²) in [7, 11) is 0. The molecule has 0 aromatic carbocycles. The zero-order chi connectivity index (χ0) is 44.4. The van der Waals surface area contributed by atoms with E-state index in [2.05, 4.69) is 43.5 Å². The molecular weight excluding hydrogens is 755 g/mol. The molecule has 0 bridgehead atoms. The Kier molecular flexibility index (Phi) is 49.1. The molecule has 0 radical (unpaired) electrons. The van der Waals surface area contributed by atoms with Crippen LogP contribution < -0.4 is 5.32 Å². The van der Waals surface area contributed by atoms with Crippen molar-refractivity contribution in [1.82, 2.24) is 5.32 Å². The second-order valence-corrected chi connectivity index (χ2v) is 18.2. The molecule has 0 aromatic rings. The molecule has 0 rings (SSSR count). The minimum atomic E-state index is -0.845. The number of unbranched alkanes of at least 4 members (excludes halogenated alkanes) is 34. The number of hydrogen-bond donors (Lipinski definition) is 3. The van der Waals surface area contributed by atoms with Gasteiger partial charge in [0.05, 0.1) is 25.4 Å². The molecule has 6 nitrogen and oxygen atoms in total. The molecule has 0 fully saturated rings.